The molecule has 0 aromatic rings. The molecule has 20 heavy (non-hydrogen) atoms. The molecule has 0 radical (unpaired) electrons. The third kappa shape index (κ3) is 3.72. The minimum atomic E-state index is -0.311. The molecule has 1 aliphatic carbocycles. The van der Waals surface area contributed by atoms with Gasteiger partial charge in [-0.05, 0) is 71.8 Å². The predicted molar refractivity (Wildman–Crippen MR) is 82.5 cm³/mol. The fourth-order valence-electron chi connectivity index (χ4n) is 3.38. The van der Waals surface area contributed by atoms with Gasteiger partial charge in [0.05, 0.1) is 6.07 Å². The molecule has 0 aromatic heterocycles. The molecule has 1 aliphatic heterocycles. The number of nitriles is 1. The number of hydrogen-bond acceptors (Lipinski definition) is 4. The normalized spacial score (nSPS) is 24.6. The Balaban J connectivity index is 1.94. The molecular weight excluding hydrogens is 248 g/mol. The van der Waals surface area contributed by atoms with Crippen molar-refractivity contribution in [2.75, 3.05) is 40.3 Å². The Morgan fingerprint density at radius 2 is 1.95 bits per heavy atom. The molecule has 4 nitrogen and oxygen atoms in total. The minimum Gasteiger partial charge on any atom is -0.306 e. The zero-order valence-electron chi connectivity index (χ0n) is 13.4. The van der Waals surface area contributed by atoms with E-state index < -0.39 is 0 Å². The van der Waals surface area contributed by atoms with Crippen molar-refractivity contribution in [3.05, 3.63) is 0 Å². The Labute approximate surface area is 124 Å². The quantitative estimate of drug-likeness (QED) is 0.769. The van der Waals surface area contributed by atoms with Gasteiger partial charge in [-0.15, -0.1) is 0 Å². The van der Waals surface area contributed by atoms with Gasteiger partial charge in [-0.1, -0.05) is 6.92 Å². The Morgan fingerprint density at radius 3 is 2.45 bits per heavy atom. The van der Waals surface area contributed by atoms with Crippen LogP contribution in [-0.2, 0) is 0 Å². The average molecular weight is 278 g/mol. The van der Waals surface area contributed by atoms with Crippen LogP contribution < -0.4 is 5.32 Å². The summed E-state index contributed by atoms with van der Waals surface area (Å²) in [5, 5.41) is 13.3. The molecular formula is C16H30N4. The summed E-state index contributed by atoms with van der Waals surface area (Å²) in [6.45, 7) is 6.36. The highest BCUT2D eigenvalue weighted by molar-refractivity contribution is 5.16. The van der Waals surface area contributed by atoms with Crippen LogP contribution in [0.15, 0.2) is 0 Å². The fourth-order valence-corrected chi connectivity index (χ4v) is 3.38. The lowest BCUT2D eigenvalue weighted by molar-refractivity contribution is 0.117. The maximum atomic E-state index is 9.76. The van der Waals surface area contributed by atoms with Gasteiger partial charge in [-0.2, -0.15) is 5.26 Å². The first kappa shape index (κ1) is 15.8. The maximum absolute atomic E-state index is 9.76. The predicted octanol–water partition coefficient (Wildman–Crippen LogP) is 1.68. The van der Waals surface area contributed by atoms with Crippen LogP contribution in [0.5, 0.6) is 0 Å². The topological polar surface area (TPSA) is 42.3 Å². The summed E-state index contributed by atoms with van der Waals surface area (Å²) in [6, 6.07) is 3.27. The van der Waals surface area contributed by atoms with Crippen LogP contribution in [0.1, 0.15) is 39.0 Å². The van der Waals surface area contributed by atoms with Crippen LogP contribution in [0.2, 0.25) is 0 Å². The highest BCUT2D eigenvalue weighted by atomic mass is 15.2. The maximum Gasteiger partial charge on any atom is 0.122 e. The van der Waals surface area contributed by atoms with E-state index in [0.29, 0.717) is 12.0 Å². The molecule has 1 N–H and O–H groups in total. The third-order valence-electron chi connectivity index (χ3n) is 4.97. The van der Waals surface area contributed by atoms with Gasteiger partial charge in [0.25, 0.3) is 0 Å². The number of likely N-dealkylation sites (tertiary alicyclic amines) is 1. The molecule has 0 bridgehead atoms. The summed E-state index contributed by atoms with van der Waals surface area (Å²) < 4.78 is 0. The van der Waals surface area contributed by atoms with Crippen molar-refractivity contribution >= 4 is 0 Å². The third-order valence-corrected chi connectivity index (χ3v) is 4.97. The first-order valence-corrected chi connectivity index (χ1v) is 8.16. The number of nitrogens with one attached hydrogen (secondary N) is 1. The van der Waals surface area contributed by atoms with Crippen molar-refractivity contribution in [3.63, 3.8) is 0 Å². The Hall–Kier alpha value is -0.630. The zero-order chi connectivity index (χ0) is 14.6. The van der Waals surface area contributed by atoms with Gasteiger partial charge in [0.1, 0.15) is 5.54 Å². The van der Waals surface area contributed by atoms with Crippen molar-refractivity contribution in [3.8, 4) is 6.07 Å². The molecule has 0 spiro atoms. The van der Waals surface area contributed by atoms with E-state index in [1.54, 1.807) is 0 Å². The molecule has 2 fully saturated rings. The van der Waals surface area contributed by atoms with Gasteiger partial charge in [-0.3, -0.25) is 5.32 Å². The SMILES string of the molecule is CCCNC(C#N)(CN(C)C1CCN(C)CC1)C1CC1. The van der Waals surface area contributed by atoms with Crippen molar-refractivity contribution in [1.82, 2.24) is 15.1 Å². The van der Waals surface area contributed by atoms with Gasteiger partial charge in [-0.25, -0.2) is 0 Å². The number of likely N-dealkylation sites (N-methyl/N-ethyl adjacent to an activating group) is 1. The number of hydrogen-bond donors (Lipinski definition) is 1. The highest BCUT2D eigenvalue weighted by Crippen LogP contribution is 2.40. The minimum absolute atomic E-state index is 0.311. The van der Waals surface area contributed by atoms with Gasteiger partial charge in [0, 0.05) is 12.6 Å². The summed E-state index contributed by atoms with van der Waals surface area (Å²) in [5.74, 6) is 0.563. The molecule has 0 aromatic carbocycles. The number of nitrogens with zero attached hydrogens (tertiary/aromatic N) is 3. The van der Waals surface area contributed by atoms with Gasteiger partial charge >= 0.3 is 0 Å². The van der Waals surface area contributed by atoms with Crippen LogP contribution in [0.25, 0.3) is 0 Å². The van der Waals surface area contributed by atoms with E-state index in [0.717, 1.165) is 19.5 Å². The van der Waals surface area contributed by atoms with Crippen LogP contribution >= 0.6 is 0 Å². The zero-order valence-corrected chi connectivity index (χ0v) is 13.4. The molecule has 1 heterocycles. The van der Waals surface area contributed by atoms with E-state index in [-0.39, 0.29) is 5.54 Å². The number of rotatable bonds is 7. The second-order valence-electron chi connectivity index (χ2n) is 6.73. The van der Waals surface area contributed by atoms with Crippen LogP contribution in [0.3, 0.4) is 0 Å². The van der Waals surface area contributed by atoms with Gasteiger partial charge in [0.2, 0.25) is 0 Å². The summed E-state index contributed by atoms with van der Waals surface area (Å²) in [6.07, 6.45) is 5.98. The summed E-state index contributed by atoms with van der Waals surface area (Å²) in [4.78, 5) is 4.84. The van der Waals surface area contributed by atoms with E-state index in [9.17, 15) is 5.26 Å². The second kappa shape index (κ2) is 6.89. The van der Waals surface area contributed by atoms with E-state index in [1.165, 1.54) is 38.8 Å². The van der Waals surface area contributed by atoms with Crippen molar-refractivity contribution < 1.29 is 0 Å². The molecule has 114 valence electrons. The lowest BCUT2D eigenvalue weighted by Crippen LogP contribution is -2.56. The molecule has 1 atom stereocenters. The second-order valence-corrected chi connectivity index (χ2v) is 6.73. The molecule has 2 aliphatic rings. The summed E-state index contributed by atoms with van der Waals surface area (Å²) >= 11 is 0. The van der Waals surface area contributed by atoms with Crippen molar-refractivity contribution in [2.24, 2.45) is 5.92 Å². The van der Waals surface area contributed by atoms with E-state index in [2.05, 4.69) is 42.2 Å². The van der Waals surface area contributed by atoms with Crippen LogP contribution in [0.4, 0.5) is 0 Å². The monoisotopic (exact) mass is 278 g/mol. The fraction of sp³-hybridized carbons (Fsp3) is 0.938. The first-order chi connectivity index (χ1) is 9.61. The molecule has 1 saturated heterocycles. The smallest absolute Gasteiger partial charge is 0.122 e. The Morgan fingerprint density at radius 1 is 1.30 bits per heavy atom. The van der Waals surface area contributed by atoms with Crippen molar-refractivity contribution in [2.45, 2.75) is 50.6 Å². The molecule has 1 unspecified atom stereocenters. The lowest BCUT2D eigenvalue weighted by atomic mass is 9.92. The molecule has 2 rings (SSSR count). The average Bonchev–Trinajstić information content (AvgIpc) is 3.29. The van der Waals surface area contributed by atoms with E-state index in [1.807, 2.05) is 0 Å². The van der Waals surface area contributed by atoms with Crippen molar-refractivity contribution in [1.29, 1.82) is 5.26 Å². The van der Waals surface area contributed by atoms with Gasteiger partial charge in [0.15, 0.2) is 0 Å². The van der Waals surface area contributed by atoms with Crippen LogP contribution in [0, 0.1) is 17.2 Å². The molecule has 0 amide bonds. The lowest BCUT2D eigenvalue weighted by Gasteiger charge is -2.39. The summed E-state index contributed by atoms with van der Waals surface area (Å²) in [5.41, 5.74) is -0.311. The number of piperidine rings is 1. The molecule has 1 saturated carbocycles. The van der Waals surface area contributed by atoms with Gasteiger partial charge < -0.3 is 9.80 Å². The standard InChI is InChI=1S/C16H30N4/c1-4-9-18-16(12-17,14-5-6-14)13-20(3)15-7-10-19(2)11-8-15/h14-15,18H,4-11,13H2,1-3H3. The summed E-state index contributed by atoms with van der Waals surface area (Å²) in [7, 11) is 4.40. The first-order valence-electron chi connectivity index (χ1n) is 8.16. The highest BCUT2D eigenvalue weighted by Gasteiger charge is 2.46. The van der Waals surface area contributed by atoms with E-state index >= 15 is 0 Å². The van der Waals surface area contributed by atoms with E-state index in [4.69, 9.17) is 0 Å². The molecule has 4 heteroatoms. The Bertz CT molecular complexity index is 339. The largest absolute Gasteiger partial charge is 0.306 e. The Kier molecular flexibility index (Phi) is 5.42. The van der Waals surface area contributed by atoms with Crippen LogP contribution in [-0.4, -0.2) is 61.7 Å².